The summed E-state index contributed by atoms with van der Waals surface area (Å²) in [7, 11) is 0. The summed E-state index contributed by atoms with van der Waals surface area (Å²) in [6, 6.07) is 6.90. The molecule has 1 aliphatic heterocycles. The minimum Gasteiger partial charge on any atom is -0.386 e. The number of benzene rings is 1. The number of nitrogens with zero attached hydrogens (tertiary/aromatic N) is 2. The van der Waals surface area contributed by atoms with Crippen LogP contribution in [0.3, 0.4) is 0 Å². The molecule has 2 heterocycles. The number of ether oxygens (including phenoxy) is 1. The molecular weight excluding hydrogens is 328 g/mol. The third-order valence-corrected chi connectivity index (χ3v) is 4.01. The van der Waals surface area contributed by atoms with Crippen LogP contribution in [0.5, 0.6) is 0 Å². The Bertz CT molecular complexity index is 837. The first-order valence-electron chi connectivity index (χ1n) is 7.73. The number of nitrogens with two attached hydrogens (primary N) is 1. The average Bonchev–Trinajstić information content (AvgIpc) is 2.57. The van der Waals surface area contributed by atoms with Gasteiger partial charge >= 0.3 is 0 Å². The van der Waals surface area contributed by atoms with Gasteiger partial charge in [-0.15, -0.1) is 0 Å². The van der Waals surface area contributed by atoms with E-state index in [9.17, 15) is 13.6 Å². The summed E-state index contributed by atoms with van der Waals surface area (Å²) < 4.78 is 32.6. The van der Waals surface area contributed by atoms with Crippen LogP contribution in [0.4, 0.5) is 8.78 Å². The molecule has 1 aliphatic rings. The van der Waals surface area contributed by atoms with Crippen molar-refractivity contribution >= 4 is 11.6 Å². The monoisotopic (exact) mass is 345 g/mol. The van der Waals surface area contributed by atoms with E-state index in [1.165, 1.54) is 24.3 Å². The van der Waals surface area contributed by atoms with Crippen LogP contribution in [0.25, 0.3) is 0 Å². The smallest absolute Gasteiger partial charge is 0.185 e. The van der Waals surface area contributed by atoms with Crippen molar-refractivity contribution in [2.24, 2.45) is 10.7 Å². The summed E-state index contributed by atoms with van der Waals surface area (Å²) in [5, 5.41) is 0. The van der Waals surface area contributed by atoms with E-state index in [-0.39, 0.29) is 31.1 Å². The van der Waals surface area contributed by atoms with Crippen LogP contribution in [0, 0.1) is 11.6 Å². The first-order chi connectivity index (χ1) is 11.9. The van der Waals surface area contributed by atoms with Crippen molar-refractivity contribution in [3.05, 3.63) is 65.0 Å². The van der Waals surface area contributed by atoms with Crippen molar-refractivity contribution in [1.82, 2.24) is 4.98 Å². The van der Waals surface area contributed by atoms with Gasteiger partial charge in [0.25, 0.3) is 0 Å². The molecule has 0 spiro atoms. The molecule has 0 radical (unpaired) electrons. The maximum Gasteiger partial charge on any atom is 0.185 e. The Hall–Kier alpha value is -2.67. The molecule has 0 fully saturated rings. The predicted octanol–water partition coefficient (Wildman–Crippen LogP) is 2.39. The topological polar surface area (TPSA) is 77.6 Å². The number of hydrogen-bond donors (Lipinski definition) is 1. The number of rotatable bonds is 4. The van der Waals surface area contributed by atoms with E-state index in [4.69, 9.17) is 10.5 Å². The van der Waals surface area contributed by atoms with Gasteiger partial charge < -0.3 is 10.5 Å². The Morgan fingerprint density at radius 3 is 2.80 bits per heavy atom. The van der Waals surface area contributed by atoms with Gasteiger partial charge in [-0.3, -0.25) is 14.8 Å². The molecule has 0 aliphatic carbocycles. The second kappa shape index (κ2) is 6.68. The highest BCUT2D eigenvalue weighted by atomic mass is 19.1. The second-order valence-electron chi connectivity index (χ2n) is 6.15. The van der Waals surface area contributed by atoms with E-state index in [1.54, 1.807) is 13.0 Å². The van der Waals surface area contributed by atoms with Crippen LogP contribution in [-0.4, -0.2) is 29.8 Å². The first kappa shape index (κ1) is 17.2. The van der Waals surface area contributed by atoms with Gasteiger partial charge in [0, 0.05) is 12.0 Å². The fraction of sp³-hybridized carbons (Fsp3) is 0.278. The van der Waals surface area contributed by atoms with Crippen LogP contribution >= 0.6 is 0 Å². The van der Waals surface area contributed by atoms with Gasteiger partial charge in [0.05, 0.1) is 12.8 Å². The number of halogens is 2. The predicted molar refractivity (Wildman–Crippen MR) is 88.4 cm³/mol. The number of ketones is 1. The van der Waals surface area contributed by atoms with Gasteiger partial charge in [0.1, 0.15) is 35.3 Å². The van der Waals surface area contributed by atoms with E-state index in [0.717, 1.165) is 6.20 Å². The van der Waals surface area contributed by atoms with Crippen LogP contribution in [-0.2, 0) is 16.7 Å². The minimum absolute atomic E-state index is 0.0159. The molecule has 1 atom stereocenters. The van der Waals surface area contributed by atoms with Crippen molar-refractivity contribution in [3.63, 3.8) is 0 Å². The quantitative estimate of drug-likeness (QED) is 0.863. The van der Waals surface area contributed by atoms with E-state index in [1.807, 2.05) is 0 Å². The lowest BCUT2D eigenvalue weighted by molar-refractivity contribution is 0.0987. The molecule has 7 heteroatoms. The molecule has 1 aromatic heterocycles. The van der Waals surface area contributed by atoms with Crippen LogP contribution in [0.15, 0.2) is 41.5 Å². The molecular formula is C18H17F2N3O2. The molecule has 3 rings (SSSR count). The molecule has 0 unspecified atom stereocenters. The summed E-state index contributed by atoms with van der Waals surface area (Å²) in [5.41, 5.74) is 5.84. The highest BCUT2D eigenvalue weighted by molar-refractivity contribution is 5.95. The first-order valence-corrected chi connectivity index (χ1v) is 7.73. The van der Waals surface area contributed by atoms with E-state index >= 15 is 0 Å². The van der Waals surface area contributed by atoms with Crippen molar-refractivity contribution in [1.29, 1.82) is 0 Å². The molecule has 0 saturated heterocycles. The lowest BCUT2D eigenvalue weighted by Crippen LogP contribution is -2.38. The number of amidine groups is 1. The zero-order chi connectivity index (χ0) is 18.0. The summed E-state index contributed by atoms with van der Waals surface area (Å²) in [6.07, 6.45) is 1.00. The molecule has 130 valence electrons. The summed E-state index contributed by atoms with van der Waals surface area (Å²) >= 11 is 0. The second-order valence-corrected chi connectivity index (χ2v) is 6.15. The van der Waals surface area contributed by atoms with Gasteiger partial charge in [-0.05, 0) is 36.8 Å². The molecule has 5 nitrogen and oxygen atoms in total. The number of hydrogen-bond acceptors (Lipinski definition) is 5. The fourth-order valence-corrected chi connectivity index (χ4v) is 2.79. The zero-order valence-electron chi connectivity index (χ0n) is 13.6. The van der Waals surface area contributed by atoms with Crippen LogP contribution in [0.1, 0.15) is 28.5 Å². The highest BCUT2D eigenvalue weighted by Crippen LogP contribution is 2.31. The third-order valence-electron chi connectivity index (χ3n) is 4.01. The Kier molecular flexibility index (Phi) is 4.59. The van der Waals surface area contributed by atoms with Crippen LogP contribution < -0.4 is 5.73 Å². The van der Waals surface area contributed by atoms with Gasteiger partial charge in [-0.2, -0.15) is 0 Å². The molecule has 2 N–H and O–H groups in total. The maximum absolute atomic E-state index is 14.3. The Morgan fingerprint density at radius 2 is 2.12 bits per heavy atom. The standard InChI is InChI=1S/C18H17F2N3O2/c1-18(10-25-9-17(21)23-18)13-6-11(2-4-14(13)20)7-16(24)15-5-3-12(19)8-22-15/h2-6,8H,7,9-10H2,1H3,(H2,21,23)/t18-/m0/s1. The molecule has 25 heavy (non-hydrogen) atoms. The van der Waals surface area contributed by atoms with Crippen molar-refractivity contribution in [2.75, 3.05) is 13.2 Å². The van der Waals surface area contributed by atoms with Crippen molar-refractivity contribution < 1.29 is 18.3 Å². The number of Topliss-reactive ketones (excluding diaryl/α,β-unsaturated/α-hetero) is 1. The fourth-order valence-electron chi connectivity index (χ4n) is 2.79. The van der Waals surface area contributed by atoms with E-state index < -0.39 is 17.2 Å². The van der Waals surface area contributed by atoms with Crippen molar-refractivity contribution in [2.45, 2.75) is 18.9 Å². The van der Waals surface area contributed by atoms with E-state index in [0.29, 0.717) is 17.0 Å². The maximum atomic E-state index is 14.3. The summed E-state index contributed by atoms with van der Waals surface area (Å²) in [4.78, 5) is 20.4. The molecule has 0 saturated carbocycles. The van der Waals surface area contributed by atoms with Crippen molar-refractivity contribution in [3.8, 4) is 0 Å². The zero-order valence-corrected chi connectivity index (χ0v) is 13.6. The largest absolute Gasteiger partial charge is 0.386 e. The number of pyridine rings is 1. The Morgan fingerprint density at radius 1 is 1.32 bits per heavy atom. The van der Waals surface area contributed by atoms with Gasteiger partial charge in [0.2, 0.25) is 0 Å². The molecule has 2 aromatic rings. The third kappa shape index (κ3) is 3.71. The molecule has 0 bridgehead atoms. The minimum atomic E-state index is -0.945. The molecule has 0 amide bonds. The lowest BCUT2D eigenvalue weighted by atomic mass is 9.90. The number of carbonyl (C=O) groups is 1. The van der Waals surface area contributed by atoms with Gasteiger partial charge in [0.15, 0.2) is 5.78 Å². The lowest BCUT2D eigenvalue weighted by Gasteiger charge is -2.30. The Balaban J connectivity index is 1.88. The normalized spacial score (nSPS) is 20.2. The summed E-state index contributed by atoms with van der Waals surface area (Å²) in [6.45, 7) is 2.14. The van der Waals surface area contributed by atoms with Crippen LogP contribution in [0.2, 0.25) is 0 Å². The van der Waals surface area contributed by atoms with E-state index in [2.05, 4.69) is 9.98 Å². The highest BCUT2D eigenvalue weighted by Gasteiger charge is 2.32. The molecule has 1 aromatic carbocycles. The average molecular weight is 345 g/mol. The summed E-state index contributed by atoms with van der Waals surface area (Å²) in [5.74, 6) is -0.947. The van der Waals surface area contributed by atoms with Gasteiger partial charge in [-0.25, -0.2) is 8.78 Å². The Labute approximate surface area is 143 Å². The number of aromatic nitrogens is 1. The number of aliphatic imine (C=N–C) groups is 1. The van der Waals surface area contributed by atoms with Gasteiger partial charge in [-0.1, -0.05) is 6.07 Å². The SMILES string of the molecule is C[C@@]1(c2cc(CC(=O)c3ccc(F)cn3)ccc2F)COCC(N)=N1. The number of carbonyl (C=O) groups excluding carboxylic acids is 1.